The van der Waals surface area contributed by atoms with E-state index in [0.29, 0.717) is 11.4 Å². The molecule has 1 fully saturated rings. The van der Waals surface area contributed by atoms with Crippen LogP contribution in [0.5, 0.6) is 0 Å². The minimum absolute atomic E-state index is 0.0804. The van der Waals surface area contributed by atoms with Crippen LogP contribution in [0.1, 0.15) is 16.8 Å². The van der Waals surface area contributed by atoms with Gasteiger partial charge in [-0.1, -0.05) is 62.2 Å². The lowest BCUT2D eigenvalue weighted by atomic mass is 10.1. The summed E-state index contributed by atoms with van der Waals surface area (Å²) in [4.78, 5) is 14.9. The number of Topliss-reactive ketones (excluding diaryl/α,β-unsaturated/α-hetero) is 1. The first kappa shape index (κ1) is 15.2. The Labute approximate surface area is 130 Å². The van der Waals surface area contributed by atoms with E-state index in [1.54, 1.807) is 0 Å². The average Bonchev–Trinajstić information content (AvgIpc) is 2.54. The first-order chi connectivity index (χ1) is 9.08. The fourth-order valence-electron chi connectivity index (χ4n) is 2.25. The SMILES string of the molecule is NC1C(Br)CCN(CC(=O)c2ccccc2)CC1Br. The molecule has 0 amide bonds. The fraction of sp³-hybridized carbons (Fsp3) is 0.500. The molecule has 19 heavy (non-hydrogen) atoms. The molecule has 0 aromatic heterocycles. The Bertz CT molecular complexity index is 427. The molecule has 1 aliphatic rings. The monoisotopic (exact) mass is 388 g/mol. The molecule has 1 aliphatic heterocycles. The number of hydrogen-bond acceptors (Lipinski definition) is 3. The lowest BCUT2D eigenvalue weighted by Gasteiger charge is -2.22. The minimum atomic E-state index is 0.0804. The molecule has 0 spiro atoms. The molecular weight excluding hydrogens is 372 g/mol. The standard InChI is InChI=1S/C14H18Br2N2O/c15-11-6-7-18(8-12(16)14(11)17)9-13(19)10-4-2-1-3-5-10/h1-5,11-12,14H,6-9,17H2. The van der Waals surface area contributed by atoms with Gasteiger partial charge < -0.3 is 5.73 Å². The Hall–Kier alpha value is -0.230. The Morgan fingerprint density at radius 2 is 1.95 bits per heavy atom. The second-order valence-electron chi connectivity index (χ2n) is 4.92. The number of carbonyl (C=O) groups excluding carboxylic acids is 1. The predicted octanol–water partition coefficient (Wildman–Crippen LogP) is 2.43. The zero-order valence-corrected chi connectivity index (χ0v) is 13.8. The summed E-state index contributed by atoms with van der Waals surface area (Å²) in [5.41, 5.74) is 6.90. The van der Waals surface area contributed by atoms with Gasteiger partial charge in [-0.3, -0.25) is 9.69 Å². The molecule has 1 heterocycles. The van der Waals surface area contributed by atoms with Crippen LogP contribution in [0.4, 0.5) is 0 Å². The maximum absolute atomic E-state index is 12.2. The van der Waals surface area contributed by atoms with Crippen molar-refractivity contribution in [3.05, 3.63) is 35.9 Å². The lowest BCUT2D eigenvalue weighted by Crippen LogP contribution is -2.41. The zero-order chi connectivity index (χ0) is 13.8. The van der Waals surface area contributed by atoms with Crippen LogP contribution in [0.25, 0.3) is 0 Å². The van der Waals surface area contributed by atoms with E-state index in [2.05, 4.69) is 36.8 Å². The van der Waals surface area contributed by atoms with E-state index in [1.807, 2.05) is 30.3 Å². The molecule has 0 bridgehead atoms. The van der Waals surface area contributed by atoms with Gasteiger partial charge in [0.05, 0.1) is 6.54 Å². The number of alkyl halides is 2. The molecule has 1 saturated heterocycles. The largest absolute Gasteiger partial charge is 0.326 e. The van der Waals surface area contributed by atoms with Gasteiger partial charge >= 0.3 is 0 Å². The van der Waals surface area contributed by atoms with Gasteiger partial charge in [0.25, 0.3) is 0 Å². The molecule has 3 atom stereocenters. The smallest absolute Gasteiger partial charge is 0.176 e. The summed E-state index contributed by atoms with van der Waals surface area (Å²) in [5, 5.41) is 0. The molecule has 2 N–H and O–H groups in total. The van der Waals surface area contributed by atoms with E-state index in [1.165, 1.54) is 0 Å². The van der Waals surface area contributed by atoms with E-state index in [9.17, 15) is 4.79 Å². The molecule has 3 unspecified atom stereocenters. The molecule has 0 aliphatic carbocycles. The normalized spacial score (nSPS) is 28.9. The third-order valence-corrected chi connectivity index (χ3v) is 5.42. The molecule has 1 aromatic carbocycles. The number of nitrogens with two attached hydrogens (primary N) is 1. The van der Waals surface area contributed by atoms with Gasteiger partial charge in [-0.15, -0.1) is 0 Å². The number of benzene rings is 1. The summed E-state index contributed by atoms with van der Waals surface area (Å²) >= 11 is 7.24. The minimum Gasteiger partial charge on any atom is -0.326 e. The lowest BCUT2D eigenvalue weighted by molar-refractivity contribution is 0.0934. The second-order valence-corrected chi connectivity index (χ2v) is 7.27. The van der Waals surface area contributed by atoms with E-state index in [4.69, 9.17) is 5.73 Å². The van der Waals surface area contributed by atoms with Gasteiger partial charge in [-0.2, -0.15) is 0 Å². The van der Waals surface area contributed by atoms with Crippen molar-refractivity contribution in [1.82, 2.24) is 4.90 Å². The van der Waals surface area contributed by atoms with Crippen LogP contribution in [-0.2, 0) is 0 Å². The predicted molar refractivity (Wildman–Crippen MR) is 85.2 cm³/mol. The van der Waals surface area contributed by atoms with Gasteiger partial charge in [-0.25, -0.2) is 0 Å². The first-order valence-corrected chi connectivity index (χ1v) is 8.25. The van der Waals surface area contributed by atoms with Crippen LogP contribution in [0.3, 0.4) is 0 Å². The fourth-order valence-corrected chi connectivity index (χ4v) is 4.01. The summed E-state index contributed by atoms with van der Waals surface area (Å²) in [6, 6.07) is 9.53. The van der Waals surface area contributed by atoms with Crippen molar-refractivity contribution >= 4 is 37.6 Å². The summed E-state index contributed by atoms with van der Waals surface area (Å²) in [5.74, 6) is 0.168. The van der Waals surface area contributed by atoms with Crippen molar-refractivity contribution in [2.45, 2.75) is 22.1 Å². The number of likely N-dealkylation sites (tertiary alicyclic amines) is 1. The highest BCUT2D eigenvalue weighted by molar-refractivity contribution is 9.10. The van der Waals surface area contributed by atoms with Crippen molar-refractivity contribution < 1.29 is 4.79 Å². The van der Waals surface area contributed by atoms with Crippen LogP contribution in [0.15, 0.2) is 30.3 Å². The van der Waals surface area contributed by atoms with Crippen LogP contribution in [0, 0.1) is 0 Å². The van der Waals surface area contributed by atoms with E-state index in [0.717, 1.165) is 25.1 Å². The molecule has 1 aromatic rings. The number of hydrogen-bond donors (Lipinski definition) is 1. The third-order valence-electron chi connectivity index (χ3n) is 3.45. The summed E-state index contributed by atoms with van der Waals surface area (Å²) in [6.45, 7) is 2.16. The summed E-state index contributed by atoms with van der Waals surface area (Å²) in [7, 11) is 0. The van der Waals surface area contributed by atoms with Crippen LogP contribution in [-0.4, -0.2) is 46.0 Å². The van der Waals surface area contributed by atoms with Gasteiger partial charge in [0.2, 0.25) is 0 Å². The molecule has 5 heteroatoms. The molecule has 3 nitrogen and oxygen atoms in total. The average molecular weight is 390 g/mol. The first-order valence-electron chi connectivity index (χ1n) is 6.42. The van der Waals surface area contributed by atoms with Crippen molar-refractivity contribution in [2.24, 2.45) is 5.73 Å². The summed E-state index contributed by atoms with van der Waals surface area (Å²) in [6.07, 6.45) is 0.964. The van der Waals surface area contributed by atoms with E-state index < -0.39 is 0 Å². The zero-order valence-electron chi connectivity index (χ0n) is 10.6. The molecule has 0 radical (unpaired) electrons. The number of carbonyl (C=O) groups is 1. The van der Waals surface area contributed by atoms with Crippen LogP contribution in [0.2, 0.25) is 0 Å². The highest BCUT2D eigenvalue weighted by atomic mass is 79.9. The Morgan fingerprint density at radius 1 is 1.26 bits per heavy atom. The van der Waals surface area contributed by atoms with Gasteiger partial charge in [0.15, 0.2) is 5.78 Å². The van der Waals surface area contributed by atoms with Crippen LogP contribution < -0.4 is 5.73 Å². The number of ketones is 1. The topological polar surface area (TPSA) is 46.3 Å². The molecular formula is C14H18Br2N2O. The number of nitrogens with zero attached hydrogens (tertiary/aromatic N) is 1. The maximum atomic E-state index is 12.2. The Balaban J connectivity index is 1.98. The molecule has 104 valence electrons. The van der Waals surface area contributed by atoms with Gasteiger partial charge in [-0.05, 0) is 13.0 Å². The quantitative estimate of drug-likeness (QED) is 0.637. The molecule has 0 saturated carbocycles. The second kappa shape index (κ2) is 6.97. The Morgan fingerprint density at radius 3 is 2.63 bits per heavy atom. The van der Waals surface area contributed by atoms with Crippen LogP contribution >= 0.6 is 31.9 Å². The maximum Gasteiger partial charge on any atom is 0.176 e. The van der Waals surface area contributed by atoms with E-state index in [-0.39, 0.29) is 16.7 Å². The number of halogens is 2. The number of rotatable bonds is 3. The van der Waals surface area contributed by atoms with Gasteiger partial charge in [0.1, 0.15) is 0 Å². The Kier molecular flexibility index (Phi) is 5.57. The van der Waals surface area contributed by atoms with Crippen molar-refractivity contribution in [3.8, 4) is 0 Å². The van der Waals surface area contributed by atoms with Crippen molar-refractivity contribution in [2.75, 3.05) is 19.6 Å². The van der Waals surface area contributed by atoms with Crippen molar-refractivity contribution in [1.29, 1.82) is 0 Å². The highest BCUT2D eigenvalue weighted by Crippen LogP contribution is 2.22. The summed E-state index contributed by atoms with van der Waals surface area (Å²) < 4.78 is 0. The molecule has 2 rings (SSSR count). The van der Waals surface area contributed by atoms with E-state index >= 15 is 0 Å². The third kappa shape index (κ3) is 4.12. The van der Waals surface area contributed by atoms with Gasteiger partial charge in [0, 0.05) is 27.8 Å². The van der Waals surface area contributed by atoms with Crippen molar-refractivity contribution in [3.63, 3.8) is 0 Å². The highest BCUT2D eigenvalue weighted by Gasteiger charge is 2.29.